The van der Waals surface area contributed by atoms with E-state index in [9.17, 15) is 9.90 Å². The monoisotopic (exact) mass is 361 g/mol. The molecular weight excluding hydrogens is 345 g/mol. The Labute approximate surface area is 144 Å². The van der Waals surface area contributed by atoms with Gasteiger partial charge in [0.15, 0.2) is 4.33 Å². The molecule has 1 atom stereocenters. The number of rotatable bonds is 7. The molecule has 0 saturated heterocycles. The minimum Gasteiger partial charge on any atom is -0.480 e. The van der Waals surface area contributed by atoms with Crippen LogP contribution in [0.2, 0.25) is 0 Å². The Morgan fingerprint density at radius 2 is 1.91 bits per heavy atom. The van der Waals surface area contributed by atoms with E-state index in [-0.39, 0.29) is 0 Å². The van der Waals surface area contributed by atoms with Crippen molar-refractivity contribution in [3.63, 3.8) is 0 Å². The number of fused-ring (bicyclic) bond motifs is 1. The minimum atomic E-state index is -1.93. The van der Waals surface area contributed by atoms with Gasteiger partial charge in [0.2, 0.25) is 4.87 Å². The van der Waals surface area contributed by atoms with E-state index < -0.39 is 15.2 Å². The van der Waals surface area contributed by atoms with Crippen LogP contribution in [-0.2, 0) is 9.67 Å². The smallest absolute Gasteiger partial charge is 0.334 e. The van der Waals surface area contributed by atoms with E-state index in [1.54, 1.807) is 6.07 Å². The fraction of sp³-hybridized carbons (Fsp3) is 0.438. The molecule has 1 unspecified atom stereocenters. The number of alkyl halides is 3. The van der Waals surface area contributed by atoms with Crippen molar-refractivity contribution in [1.29, 1.82) is 0 Å². The summed E-state index contributed by atoms with van der Waals surface area (Å²) in [4.78, 5) is 13.0. The second-order valence-corrected chi connectivity index (χ2v) is 7.45. The first-order chi connectivity index (χ1) is 10.3. The van der Waals surface area contributed by atoms with E-state index in [0.29, 0.717) is 18.5 Å². The van der Waals surface area contributed by atoms with Crippen molar-refractivity contribution in [2.45, 2.75) is 41.8 Å². The Balaban J connectivity index is 2.44. The molecule has 0 bridgehead atoms. The zero-order valence-electron chi connectivity index (χ0n) is 12.2. The maximum atomic E-state index is 11.9. The summed E-state index contributed by atoms with van der Waals surface area (Å²) in [7, 11) is 0. The molecule has 2 rings (SSSR count). The van der Waals surface area contributed by atoms with Crippen molar-refractivity contribution < 1.29 is 9.90 Å². The molecule has 0 aliphatic heterocycles. The van der Waals surface area contributed by atoms with Gasteiger partial charge in [0.1, 0.15) is 0 Å². The molecule has 0 amide bonds. The van der Waals surface area contributed by atoms with Crippen LogP contribution in [0.5, 0.6) is 0 Å². The molecule has 22 heavy (non-hydrogen) atoms. The van der Waals surface area contributed by atoms with Gasteiger partial charge in [-0.1, -0.05) is 79.2 Å². The number of unbranched alkanes of at least 4 members (excludes halogenated alkanes) is 2. The number of hydrogen-bond acceptors (Lipinski definition) is 1. The van der Waals surface area contributed by atoms with E-state index in [4.69, 9.17) is 34.8 Å². The lowest BCUT2D eigenvalue weighted by molar-refractivity contribution is -0.141. The standard InChI is InChI=1S/C16H18Cl3NO2/c1-2-3-6-9-15(17,18)16(19,14(21)22)13-10-11-7-4-5-8-12(11)20-13/h4-5,7-8,10,20H,2-3,6,9H2,1H3,(H,21,22). The largest absolute Gasteiger partial charge is 0.480 e. The molecule has 0 spiro atoms. The number of nitrogens with one attached hydrogen (secondary N) is 1. The molecule has 0 saturated carbocycles. The van der Waals surface area contributed by atoms with Crippen LogP contribution in [0.3, 0.4) is 0 Å². The van der Waals surface area contributed by atoms with Gasteiger partial charge in [-0.25, -0.2) is 4.79 Å². The molecule has 1 heterocycles. The number of hydrogen-bond donors (Lipinski definition) is 2. The van der Waals surface area contributed by atoms with Crippen LogP contribution in [0.1, 0.15) is 38.3 Å². The van der Waals surface area contributed by atoms with Gasteiger partial charge in [-0.15, -0.1) is 0 Å². The quantitative estimate of drug-likeness (QED) is 0.509. The van der Waals surface area contributed by atoms with Crippen LogP contribution < -0.4 is 0 Å². The van der Waals surface area contributed by atoms with Crippen molar-refractivity contribution in [3.8, 4) is 0 Å². The Bertz CT molecular complexity index is 635. The molecule has 0 aliphatic rings. The molecule has 0 fully saturated rings. The summed E-state index contributed by atoms with van der Waals surface area (Å²) in [5.74, 6) is -1.26. The normalized spacial score (nSPS) is 14.9. The minimum absolute atomic E-state index is 0.296. The van der Waals surface area contributed by atoms with E-state index >= 15 is 0 Å². The maximum Gasteiger partial charge on any atom is 0.334 e. The molecule has 3 nitrogen and oxygen atoms in total. The first-order valence-corrected chi connectivity index (χ1v) is 8.34. The van der Waals surface area contributed by atoms with Crippen molar-refractivity contribution in [3.05, 3.63) is 36.0 Å². The van der Waals surface area contributed by atoms with E-state index in [1.165, 1.54) is 0 Å². The highest BCUT2D eigenvalue weighted by molar-refractivity contribution is 6.56. The van der Waals surface area contributed by atoms with Gasteiger partial charge < -0.3 is 10.1 Å². The summed E-state index contributed by atoms with van der Waals surface area (Å²) >= 11 is 19.2. The molecule has 0 radical (unpaired) electrons. The number of aromatic amines is 1. The summed E-state index contributed by atoms with van der Waals surface area (Å²) in [5.41, 5.74) is 1.09. The second kappa shape index (κ2) is 6.69. The second-order valence-electron chi connectivity index (χ2n) is 5.40. The topological polar surface area (TPSA) is 53.1 Å². The van der Waals surface area contributed by atoms with Gasteiger partial charge in [-0.3, -0.25) is 0 Å². The van der Waals surface area contributed by atoms with E-state index in [2.05, 4.69) is 4.98 Å². The number of aliphatic carboxylic acids is 1. The lowest BCUT2D eigenvalue weighted by Gasteiger charge is -2.33. The molecule has 2 N–H and O–H groups in total. The number of carbonyl (C=O) groups is 1. The van der Waals surface area contributed by atoms with Crippen molar-refractivity contribution in [2.75, 3.05) is 0 Å². The average molecular weight is 363 g/mol. The van der Waals surface area contributed by atoms with E-state index in [1.807, 2.05) is 31.2 Å². The highest BCUT2D eigenvalue weighted by atomic mass is 35.5. The Morgan fingerprint density at radius 1 is 1.23 bits per heavy atom. The number of halogens is 3. The van der Waals surface area contributed by atoms with Crippen molar-refractivity contribution in [2.24, 2.45) is 0 Å². The van der Waals surface area contributed by atoms with Crippen LogP contribution in [0.15, 0.2) is 30.3 Å². The van der Waals surface area contributed by atoms with Gasteiger partial charge in [0.25, 0.3) is 0 Å². The van der Waals surface area contributed by atoms with Gasteiger partial charge in [-0.05, 0) is 23.9 Å². The van der Waals surface area contributed by atoms with E-state index in [0.717, 1.165) is 23.7 Å². The fourth-order valence-electron chi connectivity index (χ4n) is 2.50. The highest BCUT2D eigenvalue weighted by Gasteiger charge is 2.56. The van der Waals surface area contributed by atoms with Crippen LogP contribution in [-0.4, -0.2) is 20.4 Å². The summed E-state index contributed by atoms with van der Waals surface area (Å²) in [5, 5.41) is 10.5. The summed E-state index contributed by atoms with van der Waals surface area (Å²) in [6.07, 6.45) is 2.92. The van der Waals surface area contributed by atoms with Crippen LogP contribution >= 0.6 is 34.8 Å². The van der Waals surface area contributed by atoms with Gasteiger partial charge in [0, 0.05) is 5.52 Å². The Kier molecular flexibility index (Phi) is 5.31. The maximum absolute atomic E-state index is 11.9. The zero-order chi connectivity index (χ0) is 16.4. The molecular formula is C16H18Cl3NO2. The number of H-pyrrole nitrogens is 1. The Hall–Kier alpha value is -0.900. The molecule has 2 aromatic rings. The first-order valence-electron chi connectivity index (χ1n) is 7.21. The third-order valence-corrected chi connectivity index (χ3v) is 5.62. The molecule has 6 heteroatoms. The SMILES string of the molecule is CCCCCC(Cl)(Cl)C(Cl)(C(=O)O)c1cc2ccccc2[nH]1. The summed E-state index contributed by atoms with van der Waals surface area (Å²) < 4.78 is -1.61. The van der Waals surface area contributed by atoms with Crippen molar-refractivity contribution in [1.82, 2.24) is 4.98 Å². The number of para-hydroxylation sites is 1. The number of benzene rings is 1. The lowest BCUT2D eigenvalue weighted by Crippen LogP contribution is -2.46. The predicted octanol–water partition coefficient (Wildman–Crippen LogP) is 5.44. The van der Waals surface area contributed by atoms with Crippen molar-refractivity contribution >= 4 is 51.7 Å². The molecule has 0 aliphatic carbocycles. The third-order valence-electron chi connectivity index (χ3n) is 3.79. The number of aromatic nitrogens is 1. The molecule has 1 aromatic heterocycles. The zero-order valence-corrected chi connectivity index (χ0v) is 14.5. The van der Waals surface area contributed by atoms with Gasteiger partial charge >= 0.3 is 5.97 Å². The number of carboxylic acid groups (broad SMARTS) is 1. The van der Waals surface area contributed by atoms with Crippen LogP contribution in [0.25, 0.3) is 10.9 Å². The third kappa shape index (κ3) is 3.08. The summed E-state index contributed by atoms with van der Waals surface area (Å²) in [6, 6.07) is 9.13. The van der Waals surface area contributed by atoms with Crippen LogP contribution in [0.4, 0.5) is 0 Å². The average Bonchev–Trinajstić information content (AvgIpc) is 2.90. The number of carboxylic acids is 1. The highest BCUT2D eigenvalue weighted by Crippen LogP contribution is 2.50. The van der Waals surface area contributed by atoms with Crippen LogP contribution in [0, 0.1) is 0 Å². The predicted molar refractivity (Wildman–Crippen MR) is 92.0 cm³/mol. The van der Waals surface area contributed by atoms with Gasteiger partial charge in [-0.2, -0.15) is 0 Å². The lowest BCUT2D eigenvalue weighted by atomic mass is 9.95. The van der Waals surface area contributed by atoms with Gasteiger partial charge in [0.05, 0.1) is 5.69 Å². The Morgan fingerprint density at radius 3 is 2.50 bits per heavy atom. The fourth-order valence-corrected chi connectivity index (χ4v) is 3.33. The first kappa shape index (κ1) is 17.5. The summed E-state index contributed by atoms with van der Waals surface area (Å²) in [6.45, 7) is 2.05. The molecule has 120 valence electrons. The molecule has 1 aromatic carbocycles.